The van der Waals surface area contributed by atoms with Crippen molar-refractivity contribution in [3.8, 4) is 5.75 Å². The number of hydrogen-bond donors (Lipinski definition) is 1. The number of rotatable bonds is 6. The second kappa shape index (κ2) is 6.05. The minimum atomic E-state index is -0.332. The molecule has 1 aromatic rings. The molecule has 0 bridgehead atoms. The lowest BCUT2D eigenvalue weighted by atomic mass is 10.00. The summed E-state index contributed by atoms with van der Waals surface area (Å²) < 4.78 is 18.4. The van der Waals surface area contributed by atoms with Gasteiger partial charge in [-0.25, -0.2) is 4.39 Å². The van der Waals surface area contributed by atoms with Gasteiger partial charge in [-0.05, 0) is 38.8 Å². The van der Waals surface area contributed by atoms with Gasteiger partial charge >= 0.3 is 0 Å². The SMILES string of the molecule is COc1ccc(N(C)CCCC(C)(C)N)cc1F. The summed E-state index contributed by atoms with van der Waals surface area (Å²) >= 11 is 0. The van der Waals surface area contributed by atoms with Crippen molar-refractivity contribution in [1.29, 1.82) is 0 Å². The van der Waals surface area contributed by atoms with E-state index in [2.05, 4.69) is 0 Å². The quantitative estimate of drug-likeness (QED) is 0.848. The molecule has 0 spiro atoms. The summed E-state index contributed by atoms with van der Waals surface area (Å²) in [6.07, 6.45) is 1.92. The highest BCUT2D eigenvalue weighted by Crippen LogP contribution is 2.23. The second-order valence-corrected chi connectivity index (χ2v) is 5.33. The van der Waals surface area contributed by atoms with Crippen LogP contribution >= 0.6 is 0 Å². The Morgan fingerprint density at radius 2 is 2.06 bits per heavy atom. The van der Waals surface area contributed by atoms with E-state index in [0.717, 1.165) is 25.1 Å². The normalized spacial score (nSPS) is 11.4. The van der Waals surface area contributed by atoms with E-state index in [-0.39, 0.29) is 17.1 Å². The van der Waals surface area contributed by atoms with Crippen LogP contribution in [0.3, 0.4) is 0 Å². The minimum Gasteiger partial charge on any atom is -0.494 e. The fourth-order valence-corrected chi connectivity index (χ4v) is 1.79. The molecule has 0 saturated heterocycles. The molecule has 0 radical (unpaired) electrons. The number of nitrogens with zero attached hydrogens (tertiary/aromatic N) is 1. The average Bonchev–Trinajstić information content (AvgIpc) is 2.27. The molecule has 2 N–H and O–H groups in total. The maximum atomic E-state index is 13.6. The van der Waals surface area contributed by atoms with E-state index in [1.807, 2.05) is 31.9 Å². The summed E-state index contributed by atoms with van der Waals surface area (Å²) in [5, 5.41) is 0. The van der Waals surface area contributed by atoms with Crippen molar-refractivity contribution in [2.24, 2.45) is 5.73 Å². The molecule has 3 nitrogen and oxygen atoms in total. The first-order valence-corrected chi connectivity index (χ1v) is 6.17. The molecule has 18 heavy (non-hydrogen) atoms. The minimum absolute atomic E-state index is 0.147. The first-order chi connectivity index (χ1) is 8.33. The summed E-state index contributed by atoms with van der Waals surface area (Å²) in [4.78, 5) is 2.02. The fraction of sp³-hybridized carbons (Fsp3) is 0.571. The van der Waals surface area contributed by atoms with Crippen molar-refractivity contribution >= 4 is 5.69 Å². The van der Waals surface area contributed by atoms with Crippen molar-refractivity contribution in [1.82, 2.24) is 0 Å². The van der Waals surface area contributed by atoms with Crippen LogP contribution in [0.15, 0.2) is 18.2 Å². The molecule has 0 amide bonds. The highest BCUT2D eigenvalue weighted by atomic mass is 19.1. The number of ether oxygens (including phenoxy) is 1. The number of nitrogens with two attached hydrogens (primary N) is 1. The van der Waals surface area contributed by atoms with Gasteiger partial charge in [-0.1, -0.05) is 0 Å². The van der Waals surface area contributed by atoms with Crippen molar-refractivity contribution in [2.75, 3.05) is 25.6 Å². The lowest BCUT2D eigenvalue weighted by Crippen LogP contribution is -2.33. The molecule has 0 heterocycles. The smallest absolute Gasteiger partial charge is 0.167 e. The van der Waals surface area contributed by atoms with Crippen molar-refractivity contribution < 1.29 is 9.13 Å². The first kappa shape index (κ1) is 14.8. The van der Waals surface area contributed by atoms with E-state index in [0.29, 0.717) is 0 Å². The Balaban J connectivity index is 2.56. The van der Waals surface area contributed by atoms with Gasteiger partial charge in [0.2, 0.25) is 0 Å². The molecule has 0 aliphatic heterocycles. The molecule has 0 aliphatic carbocycles. The van der Waals surface area contributed by atoms with Gasteiger partial charge in [0.25, 0.3) is 0 Å². The Labute approximate surface area is 109 Å². The summed E-state index contributed by atoms with van der Waals surface area (Å²) in [6, 6.07) is 5.00. The number of methoxy groups -OCH3 is 1. The van der Waals surface area contributed by atoms with E-state index < -0.39 is 0 Å². The fourth-order valence-electron chi connectivity index (χ4n) is 1.79. The largest absolute Gasteiger partial charge is 0.494 e. The van der Waals surface area contributed by atoms with E-state index in [9.17, 15) is 4.39 Å². The molecular formula is C14H23FN2O. The Morgan fingerprint density at radius 3 is 2.56 bits per heavy atom. The monoisotopic (exact) mass is 254 g/mol. The van der Waals surface area contributed by atoms with E-state index >= 15 is 0 Å². The molecule has 0 saturated carbocycles. The lowest BCUT2D eigenvalue weighted by Gasteiger charge is -2.23. The molecule has 0 fully saturated rings. The van der Waals surface area contributed by atoms with E-state index in [1.165, 1.54) is 13.2 Å². The van der Waals surface area contributed by atoms with Crippen LogP contribution in [-0.4, -0.2) is 26.2 Å². The van der Waals surface area contributed by atoms with Gasteiger partial charge in [0, 0.05) is 30.9 Å². The number of benzene rings is 1. The van der Waals surface area contributed by atoms with Crippen molar-refractivity contribution in [3.05, 3.63) is 24.0 Å². The molecular weight excluding hydrogens is 231 g/mol. The Morgan fingerprint density at radius 1 is 1.39 bits per heavy atom. The van der Waals surface area contributed by atoms with Crippen LogP contribution in [0.1, 0.15) is 26.7 Å². The standard InChI is InChI=1S/C14H23FN2O/c1-14(2,16)8-5-9-17(3)11-6-7-13(18-4)12(15)10-11/h6-7,10H,5,8-9,16H2,1-4H3. The molecule has 0 aliphatic rings. The highest BCUT2D eigenvalue weighted by molar-refractivity contribution is 5.49. The molecule has 0 unspecified atom stereocenters. The topological polar surface area (TPSA) is 38.5 Å². The highest BCUT2D eigenvalue weighted by Gasteiger charge is 2.11. The van der Waals surface area contributed by atoms with Crippen LogP contribution in [0.5, 0.6) is 5.75 Å². The maximum Gasteiger partial charge on any atom is 0.167 e. The zero-order valence-electron chi connectivity index (χ0n) is 11.7. The lowest BCUT2D eigenvalue weighted by molar-refractivity contribution is 0.386. The molecule has 1 rings (SSSR count). The van der Waals surface area contributed by atoms with E-state index in [1.54, 1.807) is 6.07 Å². The predicted molar refractivity (Wildman–Crippen MR) is 73.7 cm³/mol. The van der Waals surface area contributed by atoms with Gasteiger partial charge in [0.1, 0.15) is 0 Å². The molecule has 0 atom stereocenters. The third-order valence-electron chi connectivity index (χ3n) is 2.89. The Bertz CT molecular complexity index is 388. The maximum absolute atomic E-state index is 13.6. The zero-order chi connectivity index (χ0) is 13.8. The van der Waals surface area contributed by atoms with Crippen LogP contribution in [0.25, 0.3) is 0 Å². The summed E-state index contributed by atoms with van der Waals surface area (Å²) in [6.45, 7) is 4.88. The van der Waals surface area contributed by atoms with Crippen molar-refractivity contribution in [3.63, 3.8) is 0 Å². The number of anilines is 1. The van der Waals surface area contributed by atoms with Crippen LogP contribution in [0.2, 0.25) is 0 Å². The van der Waals surface area contributed by atoms with Gasteiger partial charge in [-0.15, -0.1) is 0 Å². The van der Waals surface area contributed by atoms with Gasteiger partial charge < -0.3 is 15.4 Å². The zero-order valence-corrected chi connectivity index (χ0v) is 11.7. The third-order valence-corrected chi connectivity index (χ3v) is 2.89. The van der Waals surface area contributed by atoms with Gasteiger partial charge in [0.05, 0.1) is 7.11 Å². The average molecular weight is 254 g/mol. The van der Waals surface area contributed by atoms with Crippen LogP contribution in [-0.2, 0) is 0 Å². The molecule has 4 heteroatoms. The first-order valence-electron chi connectivity index (χ1n) is 6.17. The molecule has 1 aromatic carbocycles. The molecule has 102 valence electrons. The van der Waals surface area contributed by atoms with Gasteiger partial charge in [-0.3, -0.25) is 0 Å². The van der Waals surface area contributed by atoms with Crippen LogP contribution in [0, 0.1) is 5.82 Å². The van der Waals surface area contributed by atoms with Gasteiger partial charge in [0.15, 0.2) is 11.6 Å². The summed E-state index contributed by atoms with van der Waals surface area (Å²) in [5.41, 5.74) is 6.63. The molecule has 0 aromatic heterocycles. The summed E-state index contributed by atoms with van der Waals surface area (Å²) in [5.74, 6) is -0.0590. The second-order valence-electron chi connectivity index (χ2n) is 5.33. The Kier molecular flexibility index (Phi) is 4.96. The number of halogens is 1. The van der Waals surface area contributed by atoms with Crippen LogP contribution in [0.4, 0.5) is 10.1 Å². The van der Waals surface area contributed by atoms with Gasteiger partial charge in [-0.2, -0.15) is 0 Å². The predicted octanol–water partition coefficient (Wildman–Crippen LogP) is 2.79. The third kappa shape index (κ3) is 4.53. The number of hydrogen-bond acceptors (Lipinski definition) is 3. The summed E-state index contributed by atoms with van der Waals surface area (Å²) in [7, 11) is 3.41. The van der Waals surface area contributed by atoms with Crippen molar-refractivity contribution in [2.45, 2.75) is 32.2 Å². The van der Waals surface area contributed by atoms with E-state index in [4.69, 9.17) is 10.5 Å². The van der Waals surface area contributed by atoms with Crippen LogP contribution < -0.4 is 15.4 Å². The Hall–Kier alpha value is -1.29.